The maximum Gasteiger partial charge on any atom is 0.310 e. The van der Waals surface area contributed by atoms with Gasteiger partial charge in [0.2, 0.25) is 0 Å². The van der Waals surface area contributed by atoms with Gasteiger partial charge in [-0.05, 0) is 13.3 Å². The second-order valence-corrected chi connectivity index (χ2v) is 4.11. The van der Waals surface area contributed by atoms with Crippen LogP contribution in [0.25, 0.3) is 0 Å². The molecule has 1 aliphatic heterocycles. The number of carbonyl (C=O) groups is 1. The van der Waals surface area contributed by atoms with Crippen LogP contribution < -0.4 is 0 Å². The smallest absolute Gasteiger partial charge is 0.310 e. The molecule has 4 heteroatoms. The standard InChI is InChI=1S/C10H19NO3/c1-3-10(2,9(12)13)8-11-4-6-14-7-5-11/h3-8H2,1-2H3,(H,12,13). The maximum atomic E-state index is 11.1. The topological polar surface area (TPSA) is 49.8 Å². The average molecular weight is 201 g/mol. The predicted octanol–water partition coefficient (Wildman–Crippen LogP) is 0.820. The molecular weight excluding hydrogens is 182 g/mol. The zero-order valence-electron chi connectivity index (χ0n) is 8.95. The molecule has 4 nitrogen and oxygen atoms in total. The Hall–Kier alpha value is -0.610. The van der Waals surface area contributed by atoms with E-state index in [0.717, 1.165) is 26.3 Å². The highest BCUT2D eigenvalue weighted by Crippen LogP contribution is 2.23. The molecule has 0 aromatic carbocycles. The van der Waals surface area contributed by atoms with Crippen molar-refractivity contribution in [3.05, 3.63) is 0 Å². The zero-order valence-corrected chi connectivity index (χ0v) is 8.95. The van der Waals surface area contributed by atoms with Gasteiger partial charge in [0.05, 0.1) is 18.6 Å². The average Bonchev–Trinajstić information content (AvgIpc) is 2.19. The maximum absolute atomic E-state index is 11.1. The van der Waals surface area contributed by atoms with E-state index in [1.165, 1.54) is 0 Å². The highest BCUT2D eigenvalue weighted by molar-refractivity contribution is 5.74. The van der Waals surface area contributed by atoms with Crippen LogP contribution in [-0.4, -0.2) is 48.8 Å². The molecular formula is C10H19NO3. The molecule has 0 aromatic rings. The van der Waals surface area contributed by atoms with Crippen LogP contribution in [0, 0.1) is 5.41 Å². The van der Waals surface area contributed by atoms with Gasteiger partial charge >= 0.3 is 5.97 Å². The largest absolute Gasteiger partial charge is 0.481 e. The number of nitrogens with zero attached hydrogens (tertiary/aromatic N) is 1. The summed E-state index contributed by atoms with van der Waals surface area (Å²) in [5.41, 5.74) is -0.614. The summed E-state index contributed by atoms with van der Waals surface area (Å²) >= 11 is 0. The summed E-state index contributed by atoms with van der Waals surface area (Å²) in [7, 11) is 0. The van der Waals surface area contributed by atoms with Crippen molar-refractivity contribution in [1.29, 1.82) is 0 Å². The minimum Gasteiger partial charge on any atom is -0.481 e. The number of carboxylic acids is 1. The molecule has 1 unspecified atom stereocenters. The molecule has 0 spiro atoms. The molecule has 1 atom stereocenters. The Kier molecular flexibility index (Phi) is 3.89. The molecule has 1 fully saturated rings. The van der Waals surface area contributed by atoms with Gasteiger partial charge in [-0.1, -0.05) is 6.92 Å². The third-order valence-electron chi connectivity index (χ3n) is 2.97. The molecule has 0 bridgehead atoms. The first kappa shape index (κ1) is 11.5. The number of hydrogen-bond donors (Lipinski definition) is 1. The summed E-state index contributed by atoms with van der Waals surface area (Å²) in [4.78, 5) is 13.2. The van der Waals surface area contributed by atoms with E-state index in [2.05, 4.69) is 4.90 Å². The first-order valence-corrected chi connectivity index (χ1v) is 5.12. The summed E-state index contributed by atoms with van der Waals surface area (Å²) < 4.78 is 5.22. The van der Waals surface area contributed by atoms with Crippen LogP contribution in [-0.2, 0) is 9.53 Å². The van der Waals surface area contributed by atoms with Gasteiger partial charge in [-0.25, -0.2) is 0 Å². The molecule has 1 aliphatic rings. The number of ether oxygens (including phenoxy) is 1. The lowest BCUT2D eigenvalue weighted by atomic mass is 9.87. The second-order valence-electron chi connectivity index (χ2n) is 4.11. The van der Waals surface area contributed by atoms with E-state index in [0.29, 0.717) is 13.0 Å². The Balaban J connectivity index is 2.50. The van der Waals surface area contributed by atoms with Crippen molar-refractivity contribution in [2.24, 2.45) is 5.41 Å². The Labute approximate surface area is 84.8 Å². The fourth-order valence-corrected chi connectivity index (χ4v) is 1.58. The summed E-state index contributed by atoms with van der Waals surface area (Å²) in [5, 5.41) is 9.11. The predicted molar refractivity (Wildman–Crippen MR) is 53.3 cm³/mol. The molecule has 1 rings (SSSR count). The van der Waals surface area contributed by atoms with Crippen LogP contribution in [0.5, 0.6) is 0 Å². The molecule has 0 amide bonds. The third kappa shape index (κ3) is 2.69. The van der Waals surface area contributed by atoms with E-state index in [1.807, 2.05) is 13.8 Å². The Bertz CT molecular complexity index is 202. The number of hydrogen-bond acceptors (Lipinski definition) is 3. The van der Waals surface area contributed by atoms with Gasteiger partial charge in [0.25, 0.3) is 0 Å². The van der Waals surface area contributed by atoms with Crippen LogP contribution in [0.4, 0.5) is 0 Å². The summed E-state index contributed by atoms with van der Waals surface area (Å²) in [6, 6.07) is 0. The lowest BCUT2D eigenvalue weighted by Gasteiger charge is -2.33. The van der Waals surface area contributed by atoms with E-state index < -0.39 is 11.4 Å². The molecule has 0 aliphatic carbocycles. The van der Waals surface area contributed by atoms with E-state index in [-0.39, 0.29) is 0 Å². The monoisotopic (exact) mass is 201 g/mol. The zero-order chi connectivity index (χ0) is 10.6. The van der Waals surface area contributed by atoms with Crippen LogP contribution in [0.1, 0.15) is 20.3 Å². The first-order valence-electron chi connectivity index (χ1n) is 5.12. The van der Waals surface area contributed by atoms with Crippen LogP contribution in [0.2, 0.25) is 0 Å². The van der Waals surface area contributed by atoms with Crippen molar-refractivity contribution < 1.29 is 14.6 Å². The second kappa shape index (κ2) is 4.75. The van der Waals surface area contributed by atoms with Gasteiger partial charge in [0.15, 0.2) is 0 Å². The van der Waals surface area contributed by atoms with Crippen molar-refractivity contribution in [2.75, 3.05) is 32.8 Å². The van der Waals surface area contributed by atoms with Crippen LogP contribution in [0.3, 0.4) is 0 Å². The molecule has 0 aromatic heterocycles. The molecule has 1 N–H and O–H groups in total. The van der Waals surface area contributed by atoms with Crippen molar-refractivity contribution in [3.63, 3.8) is 0 Å². The number of morpholine rings is 1. The SMILES string of the molecule is CCC(C)(CN1CCOCC1)C(=O)O. The number of rotatable bonds is 4. The van der Waals surface area contributed by atoms with E-state index in [4.69, 9.17) is 9.84 Å². The van der Waals surface area contributed by atoms with Crippen molar-refractivity contribution >= 4 is 5.97 Å². The fourth-order valence-electron chi connectivity index (χ4n) is 1.58. The normalized spacial score (nSPS) is 23.0. The van der Waals surface area contributed by atoms with Crippen molar-refractivity contribution in [1.82, 2.24) is 4.90 Å². The quantitative estimate of drug-likeness (QED) is 0.731. The van der Waals surface area contributed by atoms with E-state index >= 15 is 0 Å². The van der Waals surface area contributed by atoms with Crippen LogP contribution >= 0.6 is 0 Å². The molecule has 1 saturated heterocycles. The Morgan fingerprint density at radius 1 is 1.50 bits per heavy atom. The lowest BCUT2D eigenvalue weighted by Crippen LogP contribution is -2.45. The highest BCUT2D eigenvalue weighted by atomic mass is 16.5. The van der Waals surface area contributed by atoms with Gasteiger partial charge in [0, 0.05) is 19.6 Å². The Morgan fingerprint density at radius 2 is 2.07 bits per heavy atom. The van der Waals surface area contributed by atoms with Gasteiger partial charge in [-0.15, -0.1) is 0 Å². The summed E-state index contributed by atoms with van der Waals surface area (Å²) in [6.45, 7) is 7.51. The van der Waals surface area contributed by atoms with Gasteiger partial charge in [-0.2, -0.15) is 0 Å². The third-order valence-corrected chi connectivity index (χ3v) is 2.97. The van der Waals surface area contributed by atoms with Gasteiger partial charge < -0.3 is 9.84 Å². The Morgan fingerprint density at radius 3 is 2.50 bits per heavy atom. The number of aliphatic carboxylic acids is 1. The molecule has 0 radical (unpaired) electrons. The minimum absolute atomic E-state index is 0.614. The molecule has 82 valence electrons. The van der Waals surface area contributed by atoms with Crippen LogP contribution in [0.15, 0.2) is 0 Å². The van der Waals surface area contributed by atoms with E-state index in [9.17, 15) is 4.79 Å². The van der Waals surface area contributed by atoms with Gasteiger partial charge in [-0.3, -0.25) is 9.69 Å². The molecule has 1 heterocycles. The molecule has 0 saturated carbocycles. The molecule has 14 heavy (non-hydrogen) atoms. The minimum atomic E-state index is -0.702. The summed E-state index contributed by atoms with van der Waals surface area (Å²) in [6.07, 6.45) is 0.666. The van der Waals surface area contributed by atoms with Crippen molar-refractivity contribution in [3.8, 4) is 0 Å². The van der Waals surface area contributed by atoms with Gasteiger partial charge in [0.1, 0.15) is 0 Å². The first-order chi connectivity index (χ1) is 6.58. The van der Waals surface area contributed by atoms with E-state index in [1.54, 1.807) is 0 Å². The fraction of sp³-hybridized carbons (Fsp3) is 0.900. The lowest BCUT2D eigenvalue weighted by molar-refractivity contribution is -0.150. The number of carboxylic acid groups (broad SMARTS) is 1. The summed E-state index contributed by atoms with van der Waals surface area (Å²) in [5.74, 6) is -0.702. The van der Waals surface area contributed by atoms with Crippen molar-refractivity contribution in [2.45, 2.75) is 20.3 Å². The highest BCUT2D eigenvalue weighted by Gasteiger charge is 2.33.